The molecule has 0 spiro atoms. The molecule has 0 N–H and O–H groups in total. The van der Waals surface area contributed by atoms with E-state index in [-0.39, 0.29) is 0 Å². The lowest BCUT2D eigenvalue weighted by Crippen LogP contribution is -2.65. The van der Waals surface area contributed by atoms with Gasteiger partial charge in [0.1, 0.15) is 0 Å². The standard InChI is InChI=1S/C15H36Si2/c1-12(2)11-16(9,10)17(13(3)4,14(5)6)15(7)8/h12-15H,11H2,1-10H3. The summed E-state index contributed by atoms with van der Waals surface area (Å²) in [6.07, 6.45) is 0. The zero-order valence-corrected chi connectivity index (χ0v) is 16.0. The second-order valence-electron chi connectivity index (χ2n) is 7.88. The minimum Gasteiger partial charge on any atom is -0.0712 e. The average Bonchev–Trinajstić information content (AvgIpc) is 1.96. The molecule has 0 aliphatic carbocycles. The van der Waals surface area contributed by atoms with E-state index >= 15 is 0 Å². The first kappa shape index (κ1) is 17.4. The first-order chi connectivity index (χ1) is 7.50. The van der Waals surface area contributed by atoms with Crippen molar-refractivity contribution in [3.8, 4) is 0 Å². The summed E-state index contributed by atoms with van der Waals surface area (Å²) >= 11 is 0. The minimum atomic E-state index is -1.18. The summed E-state index contributed by atoms with van der Waals surface area (Å²) in [5.74, 6) is 0.875. The molecule has 0 unspecified atom stereocenters. The number of hydrogen-bond acceptors (Lipinski definition) is 0. The summed E-state index contributed by atoms with van der Waals surface area (Å²) < 4.78 is 0. The van der Waals surface area contributed by atoms with Gasteiger partial charge in [-0.1, -0.05) is 91.2 Å². The highest BCUT2D eigenvalue weighted by Crippen LogP contribution is 2.49. The maximum Gasteiger partial charge on any atom is 0.0549 e. The largest absolute Gasteiger partial charge is 0.0712 e. The molecule has 0 aromatic heterocycles. The van der Waals surface area contributed by atoms with Crippen LogP contribution in [0.15, 0.2) is 0 Å². The summed E-state index contributed by atoms with van der Waals surface area (Å²) in [6.45, 7) is 25.3. The first-order valence-electron chi connectivity index (χ1n) is 7.50. The molecular weight excluding hydrogens is 236 g/mol. The van der Waals surface area contributed by atoms with Gasteiger partial charge in [-0.25, -0.2) is 0 Å². The molecule has 0 aromatic carbocycles. The Balaban J connectivity index is 5.58. The monoisotopic (exact) mass is 272 g/mol. The molecule has 2 heteroatoms. The van der Waals surface area contributed by atoms with E-state index < -0.39 is 15.2 Å². The van der Waals surface area contributed by atoms with Gasteiger partial charge in [-0.15, -0.1) is 0 Å². The second-order valence-corrected chi connectivity index (χ2v) is 24.0. The van der Waals surface area contributed by atoms with Crippen molar-refractivity contribution in [3.05, 3.63) is 0 Å². The van der Waals surface area contributed by atoms with Gasteiger partial charge in [0, 0.05) is 7.59 Å². The van der Waals surface area contributed by atoms with Gasteiger partial charge in [-0.3, -0.25) is 0 Å². The van der Waals surface area contributed by atoms with Crippen molar-refractivity contribution < 1.29 is 0 Å². The molecule has 0 radical (unpaired) electrons. The molecular formula is C15H36Si2. The van der Waals surface area contributed by atoms with Gasteiger partial charge in [-0.2, -0.15) is 0 Å². The Kier molecular flexibility index (Phi) is 6.21. The lowest BCUT2D eigenvalue weighted by molar-refractivity contribution is 0.719. The van der Waals surface area contributed by atoms with Crippen LogP contribution in [0, 0.1) is 5.92 Å². The lowest BCUT2D eigenvalue weighted by Gasteiger charge is -2.54. The van der Waals surface area contributed by atoms with Gasteiger partial charge >= 0.3 is 0 Å². The van der Waals surface area contributed by atoms with E-state index in [4.69, 9.17) is 0 Å². The van der Waals surface area contributed by atoms with Gasteiger partial charge in [0.25, 0.3) is 0 Å². The summed E-state index contributed by atoms with van der Waals surface area (Å²) in [4.78, 5) is 0. The van der Waals surface area contributed by atoms with Crippen LogP contribution in [0.5, 0.6) is 0 Å². The molecule has 0 saturated carbocycles. The Morgan fingerprint density at radius 3 is 1.12 bits per heavy atom. The van der Waals surface area contributed by atoms with Gasteiger partial charge in [-0.05, 0) is 5.92 Å². The van der Waals surface area contributed by atoms with Crippen molar-refractivity contribution in [3.63, 3.8) is 0 Å². The molecule has 0 aliphatic heterocycles. The Bertz CT molecular complexity index is 205. The van der Waals surface area contributed by atoms with Crippen LogP contribution in [-0.4, -0.2) is 15.2 Å². The maximum atomic E-state index is 2.69. The summed E-state index contributed by atoms with van der Waals surface area (Å²) in [5, 5.41) is 0. The van der Waals surface area contributed by atoms with Crippen LogP contribution in [0.2, 0.25) is 35.8 Å². The fraction of sp³-hybridized carbons (Fsp3) is 1.00. The first-order valence-corrected chi connectivity index (χ1v) is 13.9. The quantitative estimate of drug-likeness (QED) is 0.512. The van der Waals surface area contributed by atoms with Crippen molar-refractivity contribution in [2.45, 2.75) is 91.2 Å². The highest BCUT2D eigenvalue weighted by atomic mass is 29.3. The van der Waals surface area contributed by atoms with E-state index in [9.17, 15) is 0 Å². The molecule has 0 rings (SSSR count). The topological polar surface area (TPSA) is 0 Å². The lowest BCUT2D eigenvalue weighted by atomic mass is 10.3. The zero-order valence-electron chi connectivity index (χ0n) is 14.0. The Morgan fingerprint density at radius 1 is 0.647 bits per heavy atom. The second kappa shape index (κ2) is 6.05. The van der Waals surface area contributed by atoms with Crippen LogP contribution < -0.4 is 0 Å². The van der Waals surface area contributed by atoms with Gasteiger partial charge in [0.2, 0.25) is 0 Å². The van der Waals surface area contributed by atoms with E-state index in [1.54, 1.807) is 0 Å². The van der Waals surface area contributed by atoms with E-state index in [2.05, 4.69) is 68.5 Å². The van der Waals surface area contributed by atoms with Crippen LogP contribution in [0.25, 0.3) is 0 Å². The Morgan fingerprint density at radius 2 is 0.941 bits per heavy atom. The third kappa shape index (κ3) is 3.25. The van der Waals surface area contributed by atoms with E-state index in [0.29, 0.717) is 0 Å². The summed E-state index contributed by atoms with van der Waals surface area (Å²) in [7, 11) is -2.28. The Hall–Kier alpha value is 0.434. The summed E-state index contributed by atoms with van der Waals surface area (Å²) in [6, 6.07) is 1.52. The molecule has 0 fully saturated rings. The van der Waals surface area contributed by atoms with Crippen LogP contribution >= 0.6 is 0 Å². The van der Waals surface area contributed by atoms with Crippen LogP contribution in [-0.2, 0) is 0 Å². The molecule has 17 heavy (non-hydrogen) atoms. The predicted molar refractivity (Wildman–Crippen MR) is 88.2 cm³/mol. The fourth-order valence-corrected chi connectivity index (χ4v) is 33.0. The van der Waals surface area contributed by atoms with Crippen molar-refractivity contribution in [2.75, 3.05) is 0 Å². The van der Waals surface area contributed by atoms with Crippen LogP contribution in [0.1, 0.15) is 55.4 Å². The number of hydrogen-bond donors (Lipinski definition) is 0. The molecule has 0 atom stereocenters. The summed E-state index contributed by atoms with van der Waals surface area (Å²) in [5.41, 5.74) is 2.80. The molecule has 0 bridgehead atoms. The molecule has 0 heterocycles. The van der Waals surface area contributed by atoms with Crippen LogP contribution in [0.4, 0.5) is 0 Å². The smallest absolute Gasteiger partial charge is 0.0549 e. The molecule has 104 valence electrons. The van der Waals surface area contributed by atoms with Crippen molar-refractivity contribution in [2.24, 2.45) is 5.92 Å². The van der Waals surface area contributed by atoms with E-state index in [1.807, 2.05) is 0 Å². The van der Waals surface area contributed by atoms with Crippen LogP contribution in [0.3, 0.4) is 0 Å². The number of rotatable bonds is 6. The fourth-order valence-electron chi connectivity index (χ4n) is 5.54. The molecule has 0 amide bonds. The molecule has 0 saturated heterocycles. The van der Waals surface area contributed by atoms with E-state index in [0.717, 1.165) is 22.5 Å². The minimum absolute atomic E-state index is 0.875. The van der Waals surface area contributed by atoms with Gasteiger partial charge in [0.05, 0.1) is 7.59 Å². The average molecular weight is 273 g/mol. The normalized spacial score (nSPS) is 14.5. The molecule has 0 aromatic rings. The third-order valence-corrected chi connectivity index (χ3v) is 27.7. The highest BCUT2D eigenvalue weighted by molar-refractivity contribution is 7.43. The Labute approximate surface area is 112 Å². The zero-order chi connectivity index (χ0) is 14.0. The van der Waals surface area contributed by atoms with Gasteiger partial charge < -0.3 is 0 Å². The predicted octanol–water partition coefficient (Wildman–Crippen LogP) is 6.11. The van der Waals surface area contributed by atoms with Crippen molar-refractivity contribution in [1.29, 1.82) is 0 Å². The highest BCUT2D eigenvalue weighted by Gasteiger charge is 2.54. The van der Waals surface area contributed by atoms with Crippen molar-refractivity contribution >= 4 is 15.2 Å². The van der Waals surface area contributed by atoms with Gasteiger partial charge in [0.15, 0.2) is 0 Å². The third-order valence-electron chi connectivity index (χ3n) is 4.96. The maximum absolute atomic E-state index is 2.69. The molecule has 0 nitrogen and oxygen atoms in total. The van der Waals surface area contributed by atoms with E-state index in [1.165, 1.54) is 6.04 Å². The SMILES string of the molecule is CC(C)C[Si](C)(C)[Si](C(C)C)(C(C)C)C(C)C. The molecule has 0 aliphatic rings. The van der Waals surface area contributed by atoms with Crippen molar-refractivity contribution in [1.82, 2.24) is 0 Å².